The quantitative estimate of drug-likeness (QED) is 0.787. The smallest absolute Gasteiger partial charge is 0.237 e. The molecule has 1 amide bonds. The highest BCUT2D eigenvalue weighted by Gasteiger charge is 2.14. The van der Waals surface area contributed by atoms with Gasteiger partial charge in [-0.3, -0.25) is 4.79 Å². The zero-order valence-electron chi connectivity index (χ0n) is 10.5. The molecule has 2 aromatic rings. The Kier molecular flexibility index (Phi) is 4.95. The molecule has 0 N–H and O–H groups in total. The summed E-state index contributed by atoms with van der Waals surface area (Å²) in [6, 6.07) is 5.87. The van der Waals surface area contributed by atoms with Gasteiger partial charge in [0, 0.05) is 17.2 Å². The lowest BCUT2D eigenvalue weighted by atomic mass is 10.2. The molecule has 0 aliphatic carbocycles. The highest BCUT2D eigenvalue weighted by Crippen LogP contribution is 2.25. The number of rotatable bonds is 4. The number of aryl methyl sites for hydroxylation is 1. The van der Waals surface area contributed by atoms with Crippen molar-refractivity contribution in [3.05, 3.63) is 33.7 Å². The molecular formula is C12H12BrN3OS2. The predicted molar refractivity (Wildman–Crippen MR) is 82.9 cm³/mol. The van der Waals surface area contributed by atoms with E-state index in [1.54, 1.807) is 17.5 Å². The van der Waals surface area contributed by atoms with Gasteiger partial charge in [-0.15, -0.1) is 10.2 Å². The minimum absolute atomic E-state index is 0.0469. The number of thioether (sulfide) groups is 1. The number of carbonyl (C=O) groups excluding carboxylic acids is 1. The number of amides is 1. The maximum atomic E-state index is 12.1. The number of nitrogens with zero attached hydrogens (tertiary/aromatic N) is 3. The van der Waals surface area contributed by atoms with Crippen molar-refractivity contribution < 1.29 is 4.79 Å². The van der Waals surface area contributed by atoms with Gasteiger partial charge in [-0.1, -0.05) is 39.0 Å². The van der Waals surface area contributed by atoms with Crippen molar-refractivity contribution in [1.29, 1.82) is 0 Å². The molecule has 19 heavy (non-hydrogen) atoms. The van der Waals surface area contributed by atoms with E-state index < -0.39 is 0 Å². The molecule has 0 bridgehead atoms. The molecule has 0 aliphatic heterocycles. The lowest BCUT2D eigenvalue weighted by molar-refractivity contribution is -0.115. The molecule has 0 unspecified atom stereocenters. The third-order valence-corrected chi connectivity index (χ3v) is 4.89. The number of benzene rings is 1. The second-order valence-electron chi connectivity index (χ2n) is 3.88. The summed E-state index contributed by atoms with van der Waals surface area (Å²) in [7, 11) is 1.79. The molecule has 100 valence electrons. The summed E-state index contributed by atoms with van der Waals surface area (Å²) in [4.78, 5) is 13.8. The molecular weight excluding hydrogens is 346 g/mol. The number of hydrogen-bond acceptors (Lipinski definition) is 5. The Morgan fingerprint density at radius 3 is 2.95 bits per heavy atom. The molecule has 7 heteroatoms. The number of anilines is 1. The van der Waals surface area contributed by atoms with E-state index in [0.29, 0.717) is 5.75 Å². The third kappa shape index (κ3) is 3.77. The van der Waals surface area contributed by atoms with E-state index in [9.17, 15) is 4.79 Å². The van der Waals surface area contributed by atoms with Gasteiger partial charge in [0.2, 0.25) is 5.91 Å². The Labute approximate surface area is 128 Å². The molecule has 1 heterocycles. The summed E-state index contributed by atoms with van der Waals surface area (Å²) in [6.07, 6.45) is 0. The van der Waals surface area contributed by atoms with Crippen LogP contribution in [0.15, 0.2) is 32.5 Å². The van der Waals surface area contributed by atoms with Crippen LogP contribution in [0.5, 0.6) is 0 Å². The topological polar surface area (TPSA) is 46.1 Å². The lowest BCUT2D eigenvalue weighted by Crippen LogP contribution is -2.28. The highest BCUT2D eigenvalue weighted by molar-refractivity contribution is 9.10. The van der Waals surface area contributed by atoms with Gasteiger partial charge in [0.05, 0.1) is 5.75 Å². The van der Waals surface area contributed by atoms with Crippen LogP contribution in [0, 0.1) is 6.92 Å². The summed E-state index contributed by atoms with van der Waals surface area (Å²) >= 11 is 6.27. The van der Waals surface area contributed by atoms with Gasteiger partial charge in [0.25, 0.3) is 0 Å². The van der Waals surface area contributed by atoms with E-state index in [1.807, 2.05) is 25.1 Å². The van der Waals surface area contributed by atoms with E-state index in [4.69, 9.17) is 0 Å². The van der Waals surface area contributed by atoms with Crippen LogP contribution < -0.4 is 4.90 Å². The maximum absolute atomic E-state index is 12.1. The molecule has 0 saturated carbocycles. The molecule has 0 aliphatic rings. The summed E-state index contributed by atoms with van der Waals surface area (Å²) in [6.45, 7) is 1.99. The van der Waals surface area contributed by atoms with Crippen LogP contribution in [0.4, 0.5) is 5.69 Å². The van der Waals surface area contributed by atoms with Crippen LogP contribution in [-0.4, -0.2) is 28.9 Å². The molecule has 0 radical (unpaired) electrons. The van der Waals surface area contributed by atoms with Crippen LogP contribution >= 0.6 is 39.0 Å². The van der Waals surface area contributed by atoms with Crippen molar-refractivity contribution in [3.8, 4) is 0 Å². The average molecular weight is 358 g/mol. The standard InChI is InChI=1S/C12H12BrN3OS2/c1-8-5-9(13)3-4-10(8)16(2)11(17)6-18-12-15-14-7-19-12/h3-5,7H,6H2,1-2H3. The minimum atomic E-state index is 0.0469. The number of halogens is 1. The van der Waals surface area contributed by atoms with Crippen molar-refractivity contribution in [3.63, 3.8) is 0 Å². The van der Waals surface area contributed by atoms with E-state index in [-0.39, 0.29) is 5.91 Å². The summed E-state index contributed by atoms with van der Waals surface area (Å²) < 4.78 is 1.83. The van der Waals surface area contributed by atoms with Crippen LogP contribution in [0.25, 0.3) is 0 Å². The second-order valence-corrected chi connectivity index (χ2v) is 6.85. The normalized spacial score (nSPS) is 10.5. The Hall–Kier alpha value is -0.920. The second kappa shape index (κ2) is 6.49. The van der Waals surface area contributed by atoms with E-state index in [0.717, 1.165) is 20.1 Å². The molecule has 0 fully saturated rings. The molecule has 2 rings (SSSR count). The Balaban J connectivity index is 2.02. The van der Waals surface area contributed by atoms with Gasteiger partial charge in [-0.05, 0) is 30.7 Å². The molecule has 0 atom stereocenters. The van der Waals surface area contributed by atoms with Crippen molar-refractivity contribution in [2.75, 3.05) is 17.7 Å². The van der Waals surface area contributed by atoms with Crippen LogP contribution in [-0.2, 0) is 4.79 Å². The zero-order valence-corrected chi connectivity index (χ0v) is 13.7. The van der Waals surface area contributed by atoms with Gasteiger partial charge < -0.3 is 4.90 Å². The van der Waals surface area contributed by atoms with Crippen LogP contribution in [0.1, 0.15) is 5.56 Å². The highest BCUT2D eigenvalue weighted by atomic mass is 79.9. The van der Waals surface area contributed by atoms with Gasteiger partial charge in [-0.25, -0.2) is 0 Å². The van der Waals surface area contributed by atoms with Gasteiger partial charge in [0.15, 0.2) is 4.34 Å². The molecule has 0 saturated heterocycles. The average Bonchev–Trinajstić information content (AvgIpc) is 2.88. The van der Waals surface area contributed by atoms with Crippen molar-refractivity contribution >= 4 is 50.6 Å². The van der Waals surface area contributed by atoms with E-state index in [1.165, 1.54) is 23.1 Å². The fraction of sp³-hybridized carbons (Fsp3) is 0.250. The number of hydrogen-bond donors (Lipinski definition) is 0. The van der Waals surface area contributed by atoms with Crippen molar-refractivity contribution in [2.45, 2.75) is 11.3 Å². The van der Waals surface area contributed by atoms with E-state index in [2.05, 4.69) is 26.1 Å². The first-order chi connectivity index (χ1) is 9.08. The minimum Gasteiger partial charge on any atom is -0.315 e. The summed E-state index contributed by atoms with van der Waals surface area (Å²) in [5.41, 5.74) is 3.65. The molecule has 4 nitrogen and oxygen atoms in total. The van der Waals surface area contributed by atoms with Crippen LogP contribution in [0.3, 0.4) is 0 Å². The van der Waals surface area contributed by atoms with E-state index >= 15 is 0 Å². The first kappa shape index (κ1) is 14.5. The van der Waals surface area contributed by atoms with Crippen molar-refractivity contribution in [2.24, 2.45) is 0 Å². The Morgan fingerprint density at radius 2 is 2.32 bits per heavy atom. The lowest BCUT2D eigenvalue weighted by Gasteiger charge is -2.19. The first-order valence-corrected chi connectivity index (χ1v) is 8.15. The number of aromatic nitrogens is 2. The Morgan fingerprint density at radius 1 is 1.53 bits per heavy atom. The summed E-state index contributed by atoms with van der Waals surface area (Å²) in [5, 5.41) is 7.65. The molecule has 0 spiro atoms. The monoisotopic (exact) mass is 357 g/mol. The SMILES string of the molecule is Cc1cc(Br)ccc1N(C)C(=O)CSc1nncs1. The molecule has 1 aromatic heterocycles. The predicted octanol–water partition coefficient (Wildman–Crippen LogP) is 3.36. The van der Waals surface area contributed by atoms with Crippen molar-refractivity contribution in [1.82, 2.24) is 10.2 Å². The van der Waals surface area contributed by atoms with Gasteiger partial charge >= 0.3 is 0 Å². The largest absolute Gasteiger partial charge is 0.315 e. The zero-order chi connectivity index (χ0) is 13.8. The van der Waals surface area contributed by atoms with Crippen LogP contribution in [0.2, 0.25) is 0 Å². The fourth-order valence-electron chi connectivity index (χ4n) is 1.58. The molecule has 1 aromatic carbocycles. The first-order valence-electron chi connectivity index (χ1n) is 5.49. The summed E-state index contributed by atoms with van der Waals surface area (Å²) in [5.74, 6) is 0.409. The third-order valence-electron chi connectivity index (χ3n) is 2.55. The number of carbonyl (C=O) groups is 1. The Bertz CT molecular complexity index is 574. The van der Waals surface area contributed by atoms with Gasteiger partial charge in [-0.2, -0.15) is 0 Å². The maximum Gasteiger partial charge on any atom is 0.237 e. The fourth-order valence-corrected chi connectivity index (χ4v) is 3.45. The van der Waals surface area contributed by atoms with Gasteiger partial charge in [0.1, 0.15) is 5.51 Å².